The number of hydrogen-bond acceptors (Lipinski definition) is 3. The maximum atomic E-state index is 13.0. The summed E-state index contributed by atoms with van der Waals surface area (Å²) in [4.78, 5) is 11.3. The van der Waals surface area contributed by atoms with Crippen LogP contribution < -0.4 is 5.32 Å². The summed E-state index contributed by atoms with van der Waals surface area (Å²) in [5.41, 5.74) is 1.32. The molecule has 0 aliphatic heterocycles. The molecule has 0 aliphatic carbocycles. The number of benzene rings is 2. The Bertz CT molecular complexity index is 633. The fraction of sp³-hybridized carbons (Fsp3) is 0.133. The molecule has 0 saturated carbocycles. The fourth-order valence-electron chi connectivity index (χ4n) is 1.74. The van der Waals surface area contributed by atoms with Crippen molar-refractivity contribution in [1.29, 1.82) is 0 Å². The Hall–Kier alpha value is -2.50. The minimum absolute atomic E-state index is 0.128. The molecule has 0 saturated heterocycles. The van der Waals surface area contributed by atoms with Gasteiger partial charge in [-0.2, -0.15) is 0 Å². The van der Waals surface area contributed by atoms with Crippen molar-refractivity contribution >= 4 is 11.7 Å². The third kappa shape index (κ3) is 3.53. The lowest BCUT2D eigenvalue weighted by Crippen LogP contribution is -2.04. The van der Waals surface area contributed by atoms with Gasteiger partial charge in [-0.15, -0.1) is 0 Å². The minimum Gasteiger partial charge on any atom is -0.465 e. The number of anilines is 1. The summed E-state index contributed by atoms with van der Waals surface area (Å²) < 4.78 is 43.5. The van der Waals surface area contributed by atoms with Crippen molar-refractivity contribution in [2.24, 2.45) is 0 Å². The SMILES string of the molecule is COC(=O)c1ccc(CNc2cc(F)c(F)c(F)c2)cc1. The Labute approximate surface area is 119 Å². The van der Waals surface area contributed by atoms with Crippen molar-refractivity contribution in [2.75, 3.05) is 12.4 Å². The number of carbonyl (C=O) groups is 1. The highest BCUT2D eigenvalue weighted by Crippen LogP contribution is 2.18. The zero-order valence-corrected chi connectivity index (χ0v) is 11.1. The molecule has 0 aromatic heterocycles. The standard InChI is InChI=1S/C15H12F3NO2/c1-21-15(20)10-4-2-9(3-5-10)8-19-11-6-12(16)14(18)13(17)7-11/h2-7,19H,8H2,1H3. The number of halogens is 3. The Kier molecular flexibility index (Phi) is 4.47. The van der Waals surface area contributed by atoms with Crippen LogP contribution in [-0.4, -0.2) is 13.1 Å². The van der Waals surface area contributed by atoms with Gasteiger partial charge < -0.3 is 10.1 Å². The van der Waals surface area contributed by atoms with E-state index in [0.717, 1.165) is 17.7 Å². The van der Waals surface area contributed by atoms with Gasteiger partial charge >= 0.3 is 5.97 Å². The Balaban J connectivity index is 2.05. The average Bonchev–Trinajstić information content (AvgIpc) is 2.50. The topological polar surface area (TPSA) is 38.3 Å². The maximum Gasteiger partial charge on any atom is 0.337 e. The number of rotatable bonds is 4. The van der Waals surface area contributed by atoms with Crippen LogP contribution in [0.5, 0.6) is 0 Å². The molecule has 0 aliphatic rings. The van der Waals surface area contributed by atoms with Crippen LogP contribution in [0.3, 0.4) is 0 Å². The van der Waals surface area contributed by atoms with E-state index in [1.165, 1.54) is 7.11 Å². The van der Waals surface area contributed by atoms with E-state index < -0.39 is 23.4 Å². The van der Waals surface area contributed by atoms with E-state index >= 15 is 0 Å². The molecule has 0 spiro atoms. The van der Waals surface area contributed by atoms with Crippen LogP contribution in [0.1, 0.15) is 15.9 Å². The predicted octanol–water partition coefficient (Wildman–Crippen LogP) is 3.50. The molecule has 21 heavy (non-hydrogen) atoms. The molecule has 0 amide bonds. The van der Waals surface area contributed by atoms with E-state index in [2.05, 4.69) is 10.1 Å². The number of carbonyl (C=O) groups excluding carboxylic acids is 1. The molecule has 2 rings (SSSR count). The summed E-state index contributed by atoms with van der Waals surface area (Å²) in [6.45, 7) is 0.270. The van der Waals surface area contributed by atoms with Crippen molar-refractivity contribution in [2.45, 2.75) is 6.54 Å². The summed E-state index contributed by atoms with van der Waals surface area (Å²) in [7, 11) is 1.29. The van der Waals surface area contributed by atoms with Crippen molar-refractivity contribution in [3.05, 3.63) is 65.0 Å². The second kappa shape index (κ2) is 6.30. The van der Waals surface area contributed by atoms with Crippen molar-refractivity contribution in [3.8, 4) is 0 Å². The van der Waals surface area contributed by atoms with Gasteiger partial charge in [-0.1, -0.05) is 12.1 Å². The Morgan fingerprint density at radius 3 is 2.19 bits per heavy atom. The summed E-state index contributed by atoms with van der Waals surface area (Å²) >= 11 is 0. The van der Waals surface area contributed by atoms with Gasteiger partial charge in [-0.25, -0.2) is 18.0 Å². The van der Waals surface area contributed by atoms with E-state index in [1.807, 2.05) is 0 Å². The van der Waals surface area contributed by atoms with Gasteiger partial charge in [-0.05, 0) is 17.7 Å². The minimum atomic E-state index is -1.50. The first-order valence-corrected chi connectivity index (χ1v) is 6.07. The molecule has 0 atom stereocenters. The Morgan fingerprint density at radius 1 is 1.10 bits per heavy atom. The number of esters is 1. The van der Waals surface area contributed by atoms with Gasteiger partial charge in [0.1, 0.15) is 0 Å². The lowest BCUT2D eigenvalue weighted by molar-refractivity contribution is 0.0600. The molecule has 0 unspecified atom stereocenters. The zero-order valence-electron chi connectivity index (χ0n) is 11.1. The first-order valence-electron chi connectivity index (χ1n) is 6.07. The molecule has 0 bridgehead atoms. The average molecular weight is 295 g/mol. The molecular formula is C15H12F3NO2. The van der Waals surface area contributed by atoms with Gasteiger partial charge in [0.25, 0.3) is 0 Å². The van der Waals surface area contributed by atoms with E-state index in [0.29, 0.717) is 5.56 Å². The number of methoxy groups -OCH3 is 1. The highest BCUT2D eigenvalue weighted by molar-refractivity contribution is 5.89. The van der Waals surface area contributed by atoms with Gasteiger partial charge in [0, 0.05) is 24.4 Å². The normalized spacial score (nSPS) is 10.3. The van der Waals surface area contributed by atoms with Crippen LogP contribution in [0.2, 0.25) is 0 Å². The molecule has 2 aromatic rings. The van der Waals surface area contributed by atoms with Crippen LogP contribution in [0, 0.1) is 17.5 Å². The molecule has 3 nitrogen and oxygen atoms in total. The quantitative estimate of drug-likeness (QED) is 0.693. The second-order valence-electron chi connectivity index (χ2n) is 4.30. The highest BCUT2D eigenvalue weighted by atomic mass is 19.2. The third-order valence-corrected chi connectivity index (χ3v) is 2.86. The van der Waals surface area contributed by atoms with Crippen LogP contribution in [-0.2, 0) is 11.3 Å². The lowest BCUT2D eigenvalue weighted by Gasteiger charge is -2.08. The monoisotopic (exact) mass is 295 g/mol. The third-order valence-electron chi connectivity index (χ3n) is 2.86. The molecule has 2 aromatic carbocycles. The largest absolute Gasteiger partial charge is 0.465 e. The smallest absolute Gasteiger partial charge is 0.337 e. The number of hydrogen-bond donors (Lipinski definition) is 1. The van der Waals surface area contributed by atoms with E-state index in [9.17, 15) is 18.0 Å². The van der Waals surface area contributed by atoms with Crippen LogP contribution in [0.25, 0.3) is 0 Å². The van der Waals surface area contributed by atoms with Crippen molar-refractivity contribution in [1.82, 2.24) is 0 Å². The highest BCUT2D eigenvalue weighted by Gasteiger charge is 2.10. The summed E-state index contributed by atoms with van der Waals surface area (Å²) in [6, 6.07) is 8.26. The molecule has 110 valence electrons. The fourth-order valence-corrected chi connectivity index (χ4v) is 1.74. The first-order chi connectivity index (χ1) is 10.0. The molecule has 6 heteroatoms. The van der Waals surface area contributed by atoms with Crippen LogP contribution in [0.4, 0.5) is 18.9 Å². The molecular weight excluding hydrogens is 283 g/mol. The molecule has 1 N–H and O–H groups in total. The van der Waals surface area contributed by atoms with E-state index in [4.69, 9.17) is 0 Å². The molecule has 0 radical (unpaired) electrons. The van der Waals surface area contributed by atoms with Gasteiger partial charge in [-0.3, -0.25) is 0 Å². The lowest BCUT2D eigenvalue weighted by atomic mass is 10.1. The summed E-state index contributed by atoms with van der Waals surface area (Å²) in [6.07, 6.45) is 0. The summed E-state index contributed by atoms with van der Waals surface area (Å²) in [5, 5.41) is 2.77. The van der Waals surface area contributed by atoms with Crippen molar-refractivity contribution < 1.29 is 22.7 Å². The van der Waals surface area contributed by atoms with Gasteiger partial charge in [0.05, 0.1) is 12.7 Å². The molecule has 0 fully saturated rings. The van der Waals surface area contributed by atoms with Crippen LogP contribution in [0.15, 0.2) is 36.4 Å². The maximum absolute atomic E-state index is 13.0. The van der Waals surface area contributed by atoms with Crippen LogP contribution >= 0.6 is 0 Å². The number of nitrogens with one attached hydrogen (secondary N) is 1. The molecule has 0 heterocycles. The second-order valence-corrected chi connectivity index (χ2v) is 4.30. The first kappa shape index (κ1) is 14.9. The predicted molar refractivity (Wildman–Crippen MR) is 71.4 cm³/mol. The van der Waals surface area contributed by atoms with E-state index in [-0.39, 0.29) is 12.2 Å². The van der Waals surface area contributed by atoms with E-state index in [1.54, 1.807) is 24.3 Å². The summed E-state index contributed by atoms with van der Waals surface area (Å²) in [5.74, 6) is -4.45. The van der Waals surface area contributed by atoms with Gasteiger partial charge in [0.15, 0.2) is 17.5 Å². The Morgan fingerprint density at radius 2 is 1.67 bits per heavy atom. The number of ether oxygens (including phenoxy) is 1. The van der Waals surface area contributed by atoms with Gasteiger partial charge in [0.2, 0.25) is 0 Å². The van der Waals surface area contributed by atoms with Crippen molar-refractivity contribution in [3.63, 3.8) is 0 Å². The zero-order chi connectivity index (χ0) is 15.4.